The number of aromatic nitrogens is 2. The van der Waals surface area contributed by atoms with Gasteiger partial charge in [0.1, 0.15) is 16.2 Å². The van der Waals surface area contributed by atoms with Gasteiger partial charge in [0.15, 0.2) is 0 Å². The Labute approximate surface area is 103 Å². The highest BCUT2D eigenvalue weighted by Crippen LogP contribution is 2.26. The summed E-state index contributed by atoms with van der Waals surface area (Å²) in [6.07, 6.45) is 2.57. The van der Waals surface area contributed by atoms with Crippen LogP contribution in [0.1, 0.15) is 26.6 Å². The highest BCUT2D eigenvalue weighted by Gasteiger charge is 2.17. The number of imidazole rings is 1. The molecule has 0 unspecified atom stereocenters. The van der Waals surface area contributed by atoms with Gasteiger partial charge < -0.3 is 5.11 Å². The second-order valence-electron chi connectivity index (χ2n) is 5.20. The van der Waals surface area contributed by atoms with E-state index < -0.39 is 0 Å². The van der Waals surface area contributed by atoms with E-state index in [1.165, 1.54) is 0 Å². The molecule has 2 aromatic heterocycles. The first-order valence-electron chi connectivity index (χ1n) is 5.22. The molecule has 2 heterocycles. The van der Waals surface area contributed by atoms with Crippen LogP contribution < -0.4 is 0 Å². The highest BCUT2D eigenvalue weighted by atomic mass is 79.9. The lowest BCUT2D eigenvalue weighted by molar-refractivity contribution is 0.399. The van der Waals surface area contributed by atoms with Crippen LogP contribution >= 0.6 is 15.9 Å². The van der Waals surface area contributed by atoms with Gasteiger partial charge in [0, 0.05) is 6.42 Å². The number of halogens is 1. The van der Waals surface area contributed by atoms with E-state index in [0.29, 0.717) is 0 Å². The van der Waals surface area contributed by atoms with Gasteiger partial charge >= 0.3 is 0 Å². The number of fused-ring (bicyclic) bond motifs is 1. The Morgan fingerprint density at radius 1 is 1.38 bits per heavy atom. The minimum absolute atomic E-state index is 0.173. The lowest BCUT2D eigenvalue weighted by atomic mass is 9.92. The Morgan fingerprint density at radius 2 is 2.06 bits per heavy atom. The Kier molecular flexibility index (Phi) is 2.70. The summed E-state index contributed by atoms with van der Waals surface area (Å²) in [5.74, 6) is 1.22. The molecule has 0 bridgehead atoms. The summed E-state index contributed by atoms with van der Waals surface area (Å²) in [7, 11) is 0. The van der Waals surface area contributed by atoms with E-state index in [1.54, 1.807) is 12.3 Å². The first-order chi connectivity index (χ1) is 7.37. The molecule has 0 saturated heterocycles. The van der Waals surface area contributed by atoms with Gasteiger partial charge in [0.25, 0.3) is 0 Å². The monoisotopic (exact) mass is 282 g/mol. The van der Waals surface area contributed by atoms with Gasteiger partial charge in [-0.25, -0.2) is 4.98 Å². The van der Waals surface area contributed by atoms with Gasteiger partial charge in [-0.05, 0) is 33.5 Å². The van der Waals surface area contributed by atoms with Gasteiger partial charge in [-0.3, -0.25) is 4.40 Å². The second-order valence-corrected chi connectivity index (χ2v) is 5.95. The van der Waals surface area contributed by atoms with E-state index in [4.69, 9.17) is 0 Å². The van der Waals surface area contributed by atoms with Crippen LogP contribution in [-0.4, -0.2) is 14.5 Å². The van der Waals surface area contributed by atoms with Crippen LogP contribution in [0, 0.1) is 5.41 Å². The molecule has 16 heavy (non-hydrogen) atoms. The topological polar surface area (TPSA) is 37.5 Å². The standard InChI is InChI=1S/C12H15BrN2O/c1-12(2,3)6-10-14-11(13)9-5-4-8(16)7-15(9)10/h4-5,7,16H,6H2,1-3H3. The van der Waals surface area contributed by atoms with Crippen molar-refractivity contribution >= 4 is 21.4 Å². The maximum Gasteiger partial charge on any atom is 0.132 e. The maximum atomic E-state index is 9.50. The predicted molar refractivity (Wildman–Crippen MR) is 67.7 cm³/mol. The number of aromatic hydroxyl groups is 1. The van der Waals surface area contributed by atoms with Gasteiger partial charge in [-0.15, -0.1) is 0 Å². The van der Waals surface area contributed by atoms with Gasteiger partial charge in [-0.1, -0.05) is 20.8 Å². The van der Waals surface area contributed by atoms with Gasteiger partial charge in [0.2, 0.25) is 0 Å². The van der Waals surface area contributed by atoms with Gasteiger partial charge in [-0.2, -0.15) is 0 Å². The molecular formula is C12H15BrN2O. The van der Waals surface area contributed by atoms with Crippen molar-refractivity contribution in [2.75, 3.05) is 0 Å². The van der Waals surface area contributed by atoms with Gasteiger partial charge in [0.05, 0.1) is 11.7 Å². The Hall–Kier alpha value is -1.03. The van der Waals surface area contributed by atoms with Crippen LogP contribution in [0.5, 0.6) is 5.75 Å². The van der Waals surface area contributed by atoms with Crippen molar-refractivity contribution in [3.63, 3.8) is 0 Å². The van der Waals surface area contributed by atoms with Crippen LogP contribution in [0.4, 0.5) is 0 Å². The number of nitrogens with zero attached hydrogens (tertiary/aromatic N) is 2. The normalized spacial score (nSPS) is 12.2. The molecule has 1 N–H and O–H groups in total. The molecule has 4 heteroatoms. The van der Waals surface area contributed by atoms with E-state index >= 15 is 0 Å². The van der Waals surface area contributed by atoms with Crippen molar-refractivity contribution in [2.45, 2.75) is 27.2 Å². The molecule has 0 spiro atoms. The van der Waals surface area contributed by atoms with Crippen LogP contribution in [0.15, 0.2) is 22.9 Å². The smallest absolute Gasteiger partial charge is 0.132 e. The fourth-order valence-corrected chi connectivity index (χ4v) is 2.22. The predicted octanol–water partition coefficient (Wildman–Crippen LogP) is 3.39. The molecule has 86 valence electrons. The number of pyridine rings is 1. The van der Waals surface area contributed by atoms with Crippen molar-refractivity contribution in [3.8, 4) is 5.75 Å². The Bertz CT molecular complexity index is 526. The molecule has 3 nitrogen and oxygen atoms in total. The molecular weight excluding hydrogens is 268 g/mol. The summed E-state index contributed by atoms with van der Waals surface area (Å²) in [5.41, 5.74) is 1.16. The number of hydrogen-bond donors (Lipinski definition) is 1. The van der Waals surface area contributed by atoms with E-state index in [2.05, 4.69) is 41.7 Å². The molecule has 0 aliphatic carbocycles. The molecule has 0 radical (unpaired) electrons. The molecule has 0 fully saturated rings. The average Bonchev–Trinajstić information content (AvgIpc) is 2.40. The minimum Gasteiger partial charge on any atom is -0.506 e. The fraction of sp³-hybridized carbons (Fsp3) is 0.417. The van der Waals surface area contributed by atoms with Crippen LogP contribution in [0.25, 0.3) is 5.52 Å². The largest absolute Gasteiger partial charge is 0.506 e. The lowest BCUT2D eigenvalue weighted by Gasteiger charge is -2.16. The van der Waals surface area contributed by atoms with Crippen molar-refractivity contribution in [2.24, 2.45) is 5.41 Å². The van der Waals surface area contributed by atoms with Crippen LogP contribution in [0.2, 0.25) is 0 Å². The molecule has 0 amide bonds. The van der Waals surface area contributed by atoms with Crippen molar-refractivity contribution < 1.29 is 5.11 Å². The zero-order valence-electron chi connectivity index (χ0n) is 9.66. The SMILES string of the molecule is CC(C)(C)Cc1nc(Br)c2ccc(O)cn12. The quantitative estimate of drug-likeness (QED) is 0.871. The van der Waals surface area contributed by atoms with E-state index in [1.807, 2.05) is 10.5 Å². The summed E-state index contributed by atoms with van der Waals surface area (Å²) in [6.45, 7) is 6.51. The summed E-state index contributed by atoms with van der Waals surface area (Å²) in [5, 5.41) is 9.50. The summed E-state index contributed by atoms with van der Waals surface area (Å²) < 4.78 is 2.76. The Balaban J connectivity index is 2.57. The highest BCUT2D eigenvalue weighted by molar-refractivity contribution is 9.10. The fourth-order valence-electron chi connectivity index (χ4n) is 1.69. The third-order valence-electron chi connectivity index (χ3n) is 2.34. The Morgan fingerprint density at radius 3 is 2.69 bits per heavy atom. The lowest BCUT2D eigenvalue weighted by Crippen LogP contribution is -2.11. The summed E-state index contributed by atoms with van der Waals surface area (Å²) in [6, 6.07) is 3.53. The van der Waals surface area contributed by atoms with Crippen molar-refractivity contribution in [1.29, 1.82) is 0 Å². The second kappa shape index (κ2) is 3.77. The molecule has 0 aliphatic heterocycles. The molecule has 0 aliphatic rings. The summed E-state index contributed by atoms with van der Waals surface area (Å²) >= 11 is 3.44. The molecule has 0 saturated carbocycles. The van der Waals surface area contributed by atoms with E-state index in [-0.39, 0.29) is 11.2 Å². The van der Waals surface area contributed by atoms with E-state index in [9.17, 15) is 5.11 Å². The molecule has 2 rings (SSSR count). The molecule has 0 aromatic carbocycles. The van der Waals surface area contributed by atoms with Crippen molar-refractivity contribution in [3.05, 3.63) is 28.8 Å². The van der Waals surface area contributed by atoms with Crippen molar-refractivity contribution in [1.82, 2.24) is 9.38 Å². The first-order valence-corrected chi connectivity index (χ1v) is 6.01. The first kappa shape index (κ1) is 11.5. The van der Waals surface area contributed by atoms with E-state index in [0.717, 1.165) is 22.4 Å². The zero-order valence-corrected chi connectivity index (χ0v) is 11.2. The third kappa shape index (κ3) is 2.21. The number of rotatable bonds is 1. The number of hydrogen-bond acceptors (Lipinski definition) is 2. The molecule has 0 atom stereocenters. The summed E-state index contributed by atoms with van der Waals surface area (Å²) in [4.78, 5) is 4.48. The average molecular weight is 283 g/mol. The van der Waals surface area contributed by atoms with Crippen LogP contribution in [0.3, 0.4) is 0 Å². The minimum atomic E-state index is 0.173. The maximum absolute atomic E-state index is 9.50. The zero-order chi connectivity index (χ0) is 11.9. The molecule has 2 aromatic rings. The van der Waals surface area contributed by atoms with Crippen LogP contribution in [-0.2, 0) is 6.42 Å². The third-order valence-corrected chi connectivity index (χ3v) is 2.92.